The van der Waals surface area contributed by atoms with E-state index in [1.54, 1.807) is 16.4 Å². The monoisotopic (exact) mass is 381 g/mol. The molecule has 0 saturated carbocycles. The van der Waals surface area contributed by atoms with Gasteiger partial charge in [-0.2, -0.15) is 4.31 Å². The number of likely N-dealkylation sites (N-methyl/N-ethyl adjacent to an activating group) is 1. The molecule has 1 saturated heterocycles. The molecule has 1 amide bonds. The molecule has 2 heterocycles. The number of nitrogens with zero attached hydrogens (tertiary/aromatic N) is 1. The fourth-order valence-corrected chi connectivity index (χ4v) is 5.40. The molecule has 2 rings (SSSR count). The van der Waals surface area contributed by atoms with Crippen LogP contribution in [0.5, 0.6) is 0 Å². The van der Waals surface area contributed by atoms with Gasteiger partial charge in [0.25, 0.3) is 10.0 Å². The number of nitrogens with one attached hydrogen (secondary N) is 2. The highest BCUT2D eigenvalue weighted by atomic mass is 35.5. The Kier molecular flexibility index (Phi) is 8.49. The van der Waals surface area contributed by atoms with Crippen molar-refractivity contribution < 1.29 is 13.2 Å². The molecule has 6 nitrogen and oxygen atoms in total. The first kappa shape index (κ1) is 20.4. The Labute approximate surface area is 148 Å². The van der Waals surface area contributed by atoms with Gasteiger partial charge in [0.15, 0.2) is 0 Å². The van der Waals surface area contributed by atoms with Crippen molar-refractivity contribution >= 4 is 39.7 Å². The van der Waals surface area contributed by atoms with Crippen LogP contribution in [0.3, 0.4) is 0 Å². The van der Waals surface area contributed by atoms with Gasteiger partial charge >= 0.3 is 0 Å². The second kappa shape index (κ2) is 9.58. The smallest absolute Gasteiger partial charge is 0.252 e. The number of sulfonamides is 1. The maximum absolute atomic E-state index is 12.5. The summed E-state index contributed by atoms with van der Waals surface area (Å²) in [6, 6.07) is 3.35. The lowest BCUT2D eigenvalue weighted by Crippen LogP contribution is -2.35. The zero-order valence-electron chi connectivity index (χ0n) is 13.2. The van der Waals surface area contributed by atoms with E-state index in [9.17, 15) is 13.2 Å². The van der Waals surface area contributed by atoms with E-state index in [1.165, 1.54) is 11.3 Å². The van der Waals surface area contributed by atoms with Gasteiger partial charge in [0, 0.05) is 31.1 Å². The van der Waals surface area contributed by atoms with Gasteiger partial charge in [0.1, 0.15) is 4.21 Å². The SMILES string of the molecule is CNCCNC(=O)Cc1ccc(S(=O)(=O)N2CCCCC2)s1.Cl. The quantitative estimate of drug-likeness (QED) is 0.696. The molecule has 9 heteroatoms. The number of halogens is 1. The lowest BCUT2D eigenvalue weighted by Gasteiger charge is -2.25. The van der Waals surface area contributed by atoms with E-state index in [-0.39, 0.29) is 24.7 Å². The van der Waals surface area contributed by atoms with Crippen LogP contribution in [0, 0.1) is 0 Å². The summed E-state index contributed by atoms with van der Waals surface area (Å²) < 4.78 is 26.9. The van der Waals surface area contributed by atoms with E-state index >= 15 is 0 Å². The largest absolute Gasteiger partial charge is 0.355 e. The first-order chi connectivity index (χ1) is 10.5. The van der Waals surface area contributed by atoms with Crippen molar-refractivity contribution in [1.29, 1.82) is 0 Å². The van der Waals surface area contributed by atoms with Crippen LogP contribution in [-0.2, 0) is 21.2 Å². The van der Waals surface area contributed by atoms with Crippen LogP contribution in [0.2, 0.25) is 0 Å². The van der Waals surface area contributed by atoms with E-state index < -0.39 is 10.0 Å². The molecule has 1 aliphatic heterocycles. The van der Waals surface area contributed by atoms with Crippen molar-refractivity contribution in [2.24, 2.45) is 0 Å². The zero-order valence-corrected chi connectivity index (χ0v) is 15.7. The topological polar surface area (TPSA) is 78.5 Å². The van der Waals surface area contributed by atoms with E-state index in [2.05, 4.69) is 10.6 Å². The molecule has 0 atom stereocenters. The van der Waals surface area contributed by atoms with Crippen molar-refractivity contribution in [2.75, 3.05) is 33.2 Å². The molecule has 1 aromatic rings. The van der Waals surface area contributed by atoms with Crippen molar-refractivity contribution in [3.8, 4) is 0 Å². The third kappa shape index (κ3) is 5.72. The van der Waals surface area contributed by atoms with Crippen LogP contribution in [-0.4, -0.2) is 51.9 Å². The Morgan fingerprint density at radius 1 is 1.22 bits per heavy atom. The summed E-state index contributed by atoms with van der Waals surface area (Å²) in [5.41, 5.74) is 0. The minimum Gasteiger partial charge on any atom is -0.355 e. The number of piperidine rings is 1. The number of thiophene rings is 1. The number of hydrogen-bond donors (Lipinski definition) is 2. The van der Waals surface area contributed by atoms with Crippen LogP contribution in [0.25, 0.3) is 0 Å². The van der Waals surface area contributed by atoms with Crippen molar-refractivity contribution in [3.63, 3.8) is 0 Å². The second-order valence-electron chi connectivity index (χ2n) is 5.32. The number of amides is 1. The molecule has 0 spiro atoms. The minimum atomic E-state index is -3.39. The summed E-state index contributed by atoms with van der Waals surface area (Å²) in [5, 5.41) is 5.74. The molecular weight excluding hydrogens is 358 g/mol. The molecule has 2 N–H and O–H groups in total. The first-order valence-electron chi connectivity index (χ1n) is 7.54. The number of carbonyl (C=O) groups is 1. The highest BCUT2D eigenvalue weighted by molar-refractivity contribution is 7.91. The Morgan fingerprint density at radius 3 is 2.57 bits per heavy atom. The molecule has 1 fully saturated rings. The molecule has 1 aromatic heterocycles. The van der Waals surface area contributed by atoms with Gasteiger partial charge in [-0.3, -0.25) is 4.79 Å². The lowest BCUT2D eigenvalue weighted by atomic mass is 10.2. The van der Waals surface area contributed by atoms with Crippen LogP contribution < -0.4 is 10.6 Å². The number of rotatable bonds is 7. The summed E-state index contributed by atoms with van der Waals surface area (Å²) in [7, 11) is -1.57. The van der Waals surface area contributed by atoms with E-state index in [4.69, 9.17) is 0 Å². The molecule has 0 unspecified atom stereocenters. The van der Waals surface area contributed by atoms with Gasteiger partial charge in [-0.15, -0.1) is 23.7 Å². The van der Waals surface area contributed by atoms with Gasteiger partial charge in [-0.05, 0) is 32.0 Å². The predicted octanol–water partition coefficient (Wildman–Crippen LogP) is 1.22. The summed E-state index contributed by atoms with van der Waals surface area (Å²) in [4.78, 5) is 12.5. The maximum atomic E-state index is 12.5. The molecule has 0 radical (unpaired) electrons. The van der Waals surface area contributed by atoms with Crippen LogP contribution >= 0.6 is 23.7 Å². The highest BCUT2D eigenvalue weighted by Gasteiger charge is 2.27. The minimum absolute atomic E-state index is 0. The van der Waals surface area contributed by atoms with Gasteiger partial charge in [-0.25, -0.2) is 8.42 Å². The predicted molar refractivity (Wildman–Crippen MR) is 94.8 cm³/mol. The van der Waals surface area contributed by atoms with Gasteiger partial charge in [0.2, 0.25) is 5.91 Å². The summed E-state index contributed by atoms with van der Waals surface area (Å²) in [6.07, 6.45) is 3.16. The van der Waals surface area contributed by atoms with E-state index in [0.29, 0.717) is 30.4 Å². The average molecular weight is 382 g/mol. The van der Waals surface area contributed by atoms with E-state index in [1.807, 2.05) is 7.05 Å². The van der Waals surface area contributed by atoms with E-state index in [0.717, 1.165) is 24.1 Å². The van der Waals surface area contributed by atoms with Crippen LogP contribution in [0.4, 0.5) is 0 Å². The molecular formula is C14H24ClN3O3S2. The average Bonchev–Trinajstić information content (AvgIpc) is 2.97. The summed E-state index contributed by atoms with van der Waals surface area (Å²) in [6.45, 7) is 2.48. The molecule has 0 aromatic carbocycles. The molecule has 132 valence electrons. The second-order valence-corrected chi connectivity index (χ2v) is 8.65. The van der Waals surface area contributed by atoms with Crippen molar-refractivity contribution in [1.82, 2.24) is 14.9 Å². The maximum Gasteiger partial charge on any atom is 0.252 e. The first-order valence-corrected chi connectivity index (χ1v) is 9.80. The Hall–Kier alpha value is -0.670. The molecule has 23 heavy (non-hydrogen) atoms. The zero-order chi connectivity index (χ0) is 16.0. The standard InChI is InChI=1S/C14H23N3O3S2.ClH/c1-15-7-8-16-13(18)11-12-5-6-14(21-12)22(19,20)17-9-3-2-4-10-17;/h5-6,15H,2-4,7-11H2,1H3,(H,16,18);1H. The fourth-order valence-electron chi connectivity index (χ4n) is 2.37. The van der Waals surface area contributed by atoms with Gasteiger partial charge < -0.3 is 10.6 Å². The molecule has 0 aliphatic carbocycles. The fraction of sp³-hybridized carbons (Fsp3) is 0.643. The Bertz CT molecular complexity index is 598. The van der Waals surface area contributed by atoms with Gasteiger partial charge in [0.05, 0.1) is 6.42 Å². The van der Waals surface area contributed by atoms with Crippen LogP contribution in [0.1, 0.15) is 24.1 Å². The summed E-state index contributed by atoms with van der Waals surface area (Å²) in [5.74, 6) is -0.0842. The summed E-state index contributed by atoms with van der Waals surface area (Å²) >= 11 is 1.19. The van der Waals surface area contributed by atoms with Crippen molar-refractivity contribution in [2.45, 2.75) is 29.9 Å². The number of carbonyl (C=O) groups excluding carboxylic acids is 1. The lowest BCUT2D eigenvalue weighted by molar-refractivity contribution is -0.120. The molecule has 0 bridgehead atoms. The third-order valence-electron chi connectivity index (χ3n) is 3.58. The van der Waals surface area contributed by atoms with Crippen molar-refractivity contribution in [3.05, 3.63) is 17.0 Å². The Balaban J connectivity index is 0.00000264. The Morgan fingerprint density at radius 2 is 1.91 bits per heavy atom. The number of hydrogen-bond acceptors (Lipinski definition) is 5. The molecule has 1 aliphatic rings. The normalized spacial score (nSPS) is 15.9. The third-order valence-corrected chi connectivity index (χ3v) is 7.03. The highest BCUT2D eigenvalue weighted by Crippen LogP contribution is 2.27. The van der Waals surface area contributed by atoms with Gasteiger partial charge in [-0.1, -0.05) is 6.42 Å². The van der Waals surface area contributed by atoms with Crippen LogP contribution in [0.15, 0.2) is 16.3 Å².